The molecule has 0 N–H and O–H groups in total. The summed E-state index contributed by atoms with van der Waals surface area (Å²) in [4.78, 5) is 15.6. The highest BCUT2D eigenvalue weighted by Gasteiger charge is 2.40. The molecule has 5 nitrogen and oxygen atoms in total. The highest BCUT2D eigenvalue weighted by molar-refractivity contribution is 7.88. The zero-order valence-electron chi connectivity index (χ0n) is 12.8. The molecular weight excluding hydrogens is 320 g/mol. The molecule has 0 spiro atoms. The Morgan fingerprint density at radius 3 is 2.86 bits per heavy atom. The Morgan fingerprint density at radius 2 is 2.18 bits per heavy atom. The van der Waals surface area contributed by atoms with Crippen molar-refractivity contribution in [3.05, 3.63) is 22.4 Å². The molecule has 2 saturated heterocycles. The predicted octanol–water partition coefficient (Wildman–Crippen LogP) is 1.56. The first-order chi connectivity index (χ1) is 10.4. The van der Waals surface area contributed by atoms with E-state index in [1.54, 1.807) is 15.6 Å². The van der Waals surface area contributed by atoms with Gasteiger partial charge in [-0.1, -0.05) is 6.07 Å². The van der Waals surface area contributed by atoms with E-state index in [0.29, 0.717) is 19.5 Å². The summed E-state index contributed by atoms with van der Waals surface area (Å²) in [5.41, 5.74) is 0. The first-order valence-corrected chi connectivity index (χ1v) is 10.4. The van der Waals surface area contributed by atoms with Crippen LogP contribution in [0.4, 0.5) is 0 Å². The summed E-state index contributed by atoms with van der Waals surface area (Å²) in [7, 11) is -3.12. The summed E-state index contributed by atoms with van der Waals surface area (Å²) in [6.07, 6.45) is 4.28. The van der Waals surface area contributed by atoms with Crippen LogP contribution in [-0.4, -0.2) is 55.5 Å². The summed E-state index contributed by atoms with van der Waals surface area (Å²) < 4.78 is 25.0. The van der Waals surface area contributed by atoms with Crippen LogP contribution in [0.2, 0.25) is 0 Å². The quantitative estimate of drug-likeness (QED) is 0.834. The second-order valence-electron chi connectivity index (χ2n) is 6.19. The smallest absolute Gasteiger partial charge is 0.222 e. The van der Waals surface area contributed by atoms with Gasteiger partial charge in [0.05, 0.1) is 6.26 Å². The second kappa shape index (κ2) is 6.29. The van der Waals surface area contributed by atoms with Crippen LogP contribution in [-0.2, 0) is 21.2 Å². The Hall–Kier alpha value is -0.920. The Morgan fingerprint density at radius 1 is 1.36 bits per heavy atom. The fourth-order valence-electron chi connectivity index (χ4n) is 3.60. The maximum absolute atomic E-state index is 12.3. The van der Waals surface area contributed by atoms with Gasteiger partial charge in [-0.05, 0) is 36.6 Å². The molecule has 1 amide bonds. The minimum absolute atomic E-state index is 0.208. The molecule has 3 heterocycles. The lowest BCUT2D eigenvalue weighted by molar-refractivity contribution is -0.140. The van der Waals surface area contributed by atoms with Crippen LogP contribution in [0.15, 0.2) is 17.5 Å². The molecule has 0 saturated carbocycles. The van der Waals surface area contributed by atoms with E-state index in [9.17, 15) is 13.2 Å². The lowest BCUT2D eigenvalue weighted by atomic mass is 9.84. The van der Waals surface area contributed by atoms with Gasteiger partial charge in [0.2, 0.25) is 15.9 Å². The largest absolute Gasteiger partial charge is 0.339 e. The van der Waals surface area contributed by atoms with Gasteiger partial charge in [0.25, 0.3) is 0 Å². The van der Waals surface area contributed by atoms with Gasteiger partial charge >= 0.3 is 0 Å². The molecule has 1 aromatic heterocycles. The molecule has 122 valence electrons. The van der Waals surface area contributed by atoms with E-state index in [1.807, 2.05) is 11.0 Å². The van der Waals surface area contributed by atoms with E-state index in [4.69, 9.17) is 0 Å². The monoisotopic (exact) mass is 342 g/mol. The van der Waals surface area contributed by atoms with E-state index in [1.165, 1.54) is 11.1 Å². The highest BCUT2D eigenvalue weighted by atomic mass is 32.2. The van der Waals surface area contributed by atoms with Gasteiger partial charge in [0.1, 0.15) is 0 Å². The number of rotatable bonds is 4. The number of sulfonamides is 1. The molecule has 2 atom stereocenters. The zero-order valence-corrected chi connectivity index (χ0v) is 14.4. The summed E-state index contributed by atoms with van der Waals surface area (Å²) in [6, 6.07) is 4.34. The van der Waals surface area contributed by atoms with Gasteiger partial charge in [-0.15, -0.1) is 11.3 Å². The number of carbonyl (C=O) groups is 1. The molecule has 2 fully saturated rings. The fourth-order valence-corrected chi connectivity index (χ4v) is 5.19. The summed E-state index contributed by atoms with van der Waals surface area (Å²) in [5, 5.41) is 2.06. The fraction of sp³-hybridized carbons (Fsp3) is 0.667. The number of fused-ring (bicyclic) bond motifs is 1. The molecule has 0 unspecified atom stereocenters. The Bertz CT molecular complexity index is 627. The Balaban J connectivity index is 1.67. The van der Waals surface area contributed by atoms with Crippen molar-refractivity contribution >= 4 is 27.3 Å². The van der Waals surface area contributed by atoms with Crippen molar-refractivity contribution in [2.75, 3.05) is 25.9 Å². The molecule has 0 aromatic carbocycles. The molecule has 1 aromatic rings. The maximum Gasteiger partial charge on any atom is 0.222 e. The lowest BCUT2D eigenvalue weighted by Crippen LogP contribution is -2.57. The van der Waals surface area contributed by atoms with Crippen molar-refractivity contribution in [2.45, 2.75) is 31.7 Å². The first kappa shape index (κ1) is 16.0. The standard InChI is InChI=1S/C15H22N2O3S2/c1-22(19,20)16-8-7-14-12(11-16)4-5-15(18)17(14)9-6-13-3-2-10-21-13/h2-3,10,12,14H,4-9,11H2,1H3/t12-,14+/m0/s1. The van der Waals surface area contributed by atoms with Gasteiger partial charge in [0, 0.05) is 37.0 Å². The second-order valence-corrected chi connectivity index (χ2v) is 9.21. The Kier molecular flexibility index (Phi) is 4.56. The molecule has 0 radical (unpaired) electrons. The van der Waals surface area contributed by atoms with Crippen molar-refractivity contribution in [1.82, 2.24) is 9.21 Å². The predicted molar refractivity (Wildman–Crippen MR) is 87.3 cm³/mol. The number of piperidine rings is 2. The molecule has 22 heavy (non-hydrogen) atoms. The SMILES string of the molecule is CS(=O)(=O)N1CC[C@@H]2[C@@H](CCC(=O)N2CCc2cccs2)C1. The average Bonchev–Trinajstić information content (AvgIpc) is 2.98. The van der Waals surface area contributed by atoms with Crippen molar-refractivity contribution < 1.29 is 13.2 Å². The van der Waals surface area contributed by atoms with E-state index in [2.05, 4.69) is 11.4 Å². The van der Waals surface area contributed by atoms with Crippen LogP contribution in [0.5, 0.6) is 0 Å². The van der Waals surface area contributed by atoms with Crippen molar-refractivity contribution in [3.8, 4) is 0 Å². The third kappa shape index (κ3) is 3.36. The van der Waals surface area contributed by atoms with Gasteiger partial charge < -0.3 is 4.90 Å². The van der Waals surface area contributed by atoms with Crippen LogP contribution in [0.3, 0.4) is 0 Å². The normalized spacial score (nSPS) is 27.0. The van der Waals surface area contributed by atoms with Crippen LogP contribution in [0.25, 0.3) is 0 Å². The van der Waals surface area contributed by atoms with E-state index >= 15 is 0 Å². The van der Waals surface area contributed by atoms with Crippen molar-refractivity contribution in [2.24, 2.45) is 5.92 Å². The number of thiophene rings is 1. The third-order valence-corrected chi connectivity index (χ3v) is 6.96. The molecule has 0 bridgehead atoms. The molecule has 2 aliphatic heterocycles. The number of hydrogen-bond acceptors (Lipinski definition) is 4. The minimum atomic E-state index is -3.12. The number of carbonyl (C=O) groups excluding carboxylic acids is 1. The van der Waals surface area contributed by atoms with Crippen molar-refractivity contribution in [1.29, 1.82) is 0 Å². The van der Waals surface area contributed by atoms with Crippen LogP contribution in [0, 0.1) is 5.92 Å². The number of hydrogen-bond donors (Lipinski definition) is 0. The van der Waals surface area contributed by atoms with E-state index in [-0.39, 0.29) is 17.9 Å². The summed E-state index contributed by atoms with van der Waals surface area (Å²) in [6.45, 7) is 1.84. The minimum Gasteiger partial charge on any atom is -0.339 e. The summed E-state index contributed by atoms with van der Waals surface area (Å²) in [5.74, 6) is 0.509. The van der Waals surface area contributed by atoms with Gasteiger partial charge in [-0.3, -0.25) is 4.79 Å². The molecule has 0 aliphatic carbocycles. The lowest BCUT2D eigenvalue weighted by Gasteiger charge is -2.46. The van der Waals surface area contributed by atoms with Gasteiger partial charge in [-0.2, -0.15) is 0 Å². The number of amides is 1. The molecule has 7 heteroatoms. The number of likely N-dealkylation sites (tertiary alicyclic amines) is 1. The Labute approximate surface area is 136 Å². The van der Waals surface area contributed by atoms with Crippen LogP contribution in [0.1, 0.15) is 24.1 Å². The first-order valence-electron chi connectivity index (χ1n) is 7.72. The zero-order chi connectivity index (χ0) is 15.7. The summed E-state index contributed by atoms with van der Waals surface area (Å²) >= 11 is 1.72. The van der Waals surface area contributed by atoms with Crippen LogP contribution >= 0.6 is 11.3 Å². The highest BCUT2D eigenvalue weighted by Crippen LogP contribution is 2.32. The van der Waals surface area contributed by atoms with Crippen molar-refractivity contribution in [3.63, 3.8) is 0 Å². The molecule has 3 rings (SSSR count). The number of nitrogens with zero attached hydrogens (tertiary/aromatic N) is 2. The topological polar surface area (TPSA) is 57.7 Å². The molecule has 2 aliphatic rings. The van der Waals surface area contributed by atoms with Gasteiger partial charge in [0.15, 0.2) is 0 Å². The molecular formula is C15H22N2O3S2. The maximum atomic E-state index is 12.3. The van der Waals surface area contributed by atoms with E-state index in [0.717, 1.165) is 25.8 Å². The van der Waals surface area contributed by atoms with Crippen LogP contribution < -0.4 is 0 Å². The van der Waals surface area contributed by atoms with Gasteiger partial charge in [-0.25, -0.2) is 12.7 Å². The van der Waals surface area contributed by atoms with E-state index < -0.39 is 10.0 Å². The third-order valence-electron chi connectivity index (χ3n) is 4.75. The average molecular weight is 342 g/mol.